The zero-order chi connectivity index (χ0) is 23.7. The minimum absolute atomic E-state index is 0.0525. The van der Waals surface area contributed by atoms with Crippen molar-refractivity contribution in [3.63, 3.8) is 0 Å². The normalized spacial score (nSPS) is 14.7. The van der Waals surface area contributed by atoms with Gasteiger partial charge in [-0.3, -0.25) is 15.2 Å². The molecule has 3 N–H and O–H groups in total. The molecule has 1 aromatic heterocycles. The Hall–Kier alpha value is -4.72. The van der Waals surface area contributed by atoms with Crippen LogP contribution in [0.5, 0.6) is 23.1 Å². The molecule has 11 nitrogen and oxygen atoms in total. The first kappa shape index (κ1) is 21.5. The summed E-state index contributed by atoms with van der Waals surface area (Å²) in [6.45, 7) is 0. The second kappa shape index (κ2) is 8.43. The van der Waals surface area contributed by atoms with E-state index in [1.165, 1.54) is 33.5 Å². The van der Waals surface area contributed by atoms with E-state index >= 15 is 0 Å². The molecule has 1 aliphatic heterocycles. The van der Waals surface area contributed by atoms with Crippen molar-refractivity contribution in [2.75, 3.05) is 21.3 Å². The Morgan fingerprint density at radius 3 is 2.33 bits per heavy atom. The summed E-state index contributed by atoms with van der Waals surface area (Å²) in [5.74, 6) is 0.677. The second-order valence-corrected chi connectivity index (χ2v) is 7.00. The lowest BCUT2D eigenvalue weighted by molar-refractivity contribution is -0.384. The van der Waals surface area contributed by atoms with Crippen molar-refractivity contribution < 1.29 is 23.9 Å². The van der Waals surface area contributed by atoms with Crippen molar-refractivity contribution in [3.05, 3.63) is 69.1 Å². The number of non-ortho nitro benzene ring substituents is 1. The van der Waals surface area contributed by atoms with Gasteiger partial charge >= 0.3 is 0 Å². The van der Waals surface area contributed by atoms with Crippen molar-refractivity contribution in [2.45, 2.75) is 5.92 Å². The molecule has 168 valence electrons. The molecule has 33 heavy (non-hydrogen) atoms. The first-order valence-electron chi connectivity index (χ1n) is 9.64. The van der Waals surface area contributed by atoms with Crippen LogP contribution in [0.1, 0.15) is 17.0 Å². The Balaban J connectivity index is 1.96. The van der Waals surface area contributed by atoms with Crippen LogP contribution in [0.25, 0.3) is 11.3 Å². The molecule has 0 spiro atoms. The topological polar surface area (TPSA) is 159 Å². The Bertz CT molecular complexity index is 1310. The number of hydrogen-bond acceptors (Lipinski definition) is 9. The standard InChI is InChI=1S/C22H19N5O6/c1-30-15-9-17(32-3)16(31-2)8-13(15)18-14(10-23)21(24)33-22-19(18)20(25-26-22)11-4-6-12(7-5-11)27(28)29/h4-9,18H,24H2,1-3H3,(H,25,26). The van der Waals surface area contributed by atoms with Gasteiger partial charge in [0.15, 0.2) is 11.5 Å². The molecule has 3 aromatic rings. The number of nitro benzene ring substituents is 1. The Labute approximate surface area is 188 Å². The summed E-state index contributed by atoms with van der Waals surface area (Å²) in [6, 6.07) is 11.4. The van der Waals surface area contributed by atoms with E-state index in [4.69, 9.17) is 24.7 Å². The van der Waals surface area contributed by atoms with Crippen LogP contribution in [0.4, 0.5) is 5.69 Å². The zero-order valence-corrected chi connectivity index (χ0v) is 17.9. The van der Waals surface area contributed by atoms with Crippen LogP contribution in [0.2, 0.25) is 0 Å². The van der Waals surface area contributed by atoms with E-state index in [0.717, 1.165) is 0 Å². The number of aromatic nitrogens is 2. The highest BCUT2D eigenvalue weighted by atomic mass is 16.6. The molecular formula is C22H19N5O6. The lowest BCUT2D eigenvalue weighted by Crippen LogP contribution is -2.21. The maximum atomic E-state index is 11.0. The van der Waals surface area contributed by atoms with Gasteiger partial charge in [-0.2, -0.15) is 5.26 Å². The molecule has 2 heterocycles. The largest absolute Gasteiger partial charge is 0.496 e. The fourth-order valence-electron chi connectivity index (χ4n) is 3.80. The van der Waals surface area contributed by atoms with Crippen LogP contribution >= 0.6 is 0 Å². The van der Waals surface area contributed by atoms with Crippen molar-refractivity contribution in [3.8, 4) is 40.5 Å². The van der Waals surface area contributed by atoms with E-state index in [0.29, 0.717) is 39.6 Å². The monoisotopic (exact) mass is 449 g/mol. The Kier molecular flexibility index (Phi) is 5.49. The van der Waals surface area contributed by atoms with Crippen molar-refractivity contribution in [1.29, 1.82) is 5.26 Å². The van der Waals surface area contributed by atoms with Gasteiger partial charge in [-0.1, -0.05) is 0 Å². The summed E-state index contributed by atoms with van der Waals surface area (Å²) in [5.41, 5.74) is 8.39. The highest BCUT2D eigenvalue weighted by Gasteiger charge is 2.38. The molecule has 1 atom stereocenters. The minimum Gasteiger partial charge on any atom is -0.496 e. The molecule has 0 bridgehead atoms. The van der Waals surface area contributed by atoms with E-state index in [9.17, 15) is 15.4 Å². The van der Waals surface area contributed by atoms with Gasteiger partial charge in [0.25, 0.3) is 5.69 Å². The van der Waals surface area contributed by atoms with E-state index in [-0.39, 0.29) is 23.0 Å². The number of allylic oxidation sites excluding steroid dienone is 1. The van der Waals surface area contributed by atoms with Crippen LogP contribution in [0.15, 0.2) is 47.9 Å². The smallest absolute Gasteiger partial charge is 0.269 e. The molecule has 0 fully saturated rings. The van der Waals surface area contributed by atoms with E-state index in [2.05, 4.69) is 16.3 Å². The third-order valence-electron chi connectivity index (χ3n) is 5.35. The number of H-pyrrole nitrogens is 1. The summed E-state index contributed by atoms with van der Waals surface area (Å²) in [4.78, 5) is 10.6. The summed E-state index contributed by atoms with van der Waals surface area (Å²) in [7, 11) is 4.50. The molecular weight excluding hydrogens is 430 g/mol. The van der Waals surface area contributed by atoms with Gasteiger partial charge in [-0.05, 0) is 18.2 Å². The van der Waals surface area contributed by atoms with Crippen LogP contribution in [0.3, 0.4) is 0 Å². The van der Waals surface area contributed by atoms with Gasteiger partial charge in [0.1, 0.15) is 17.4 Å². The van der Waals surface area contributed by atoms with Gasteiger partial charge in [-0.15, -0.1) is 5.10 Å². The fraction of sp³-hybridized carbons (Fsp3) is 0.182. The number of nitriles is 1. The predicted octanol–water partition coefficient (Wildman–Crippen LogP) is 3.23. The number of benzene rings is 2. The number of hydrogen-bond donors (Lipinski definition) is 2. The number of fused-ring (bicyclic) bond motifs is 1. The number of nitrogens with zero attached hydrogens (tertiary/aromatic N) is 3. The summed E-state index contributed by atoms with van der Waals surface area (Å²) in [6.07, 6.45) is 0. The summed E-state index contributed by atoms with van der Waals surface area (Å²) < 4.78 is 22.0. The molecule has 0 saturated carbocycles. The minimum atomic E-state index is -0.725. The highest BCUT2D eigenvalue weighted by Crippen LogP contribution is 2.50. The van der Waals surface area contributed by atoms with Gasteiger partial charge in [0.05, 0.1) is 43.4 Å². The van der Waals surface area contributed by atoms with Gasteiger partial charge < -0.3 is 24.7 Å². The third-order valence-corrected chi connectivity index (χ3v) is 5.35. The number of methoxy groups -OCH3 is 3. The third kappa shape index (κ3) is 3.53. The average molecular weight is 449 g/mol. The lowest BCUT2D eigenvalue weighted by Gasteiger charge is -2.26. The number of ether oxygens (including phenoxy) is 4. The number of nitrogens with one attached hydrogen (secondary N) is 1. The van der Waals surface area contributed by atoms with Crippen LogP contribution in [-0.2, 0) is 0 Å². The molecule has 4 rings (SSSR count). The summed E-state index contributed by atoms with van der Waals surface area (Å²) >= 11 is 0. The Morgan fingerprint density at radius 2 is 1.76 bits per heavy atom. The van der Waals surface area contributed by atoms with E-state index < -0.39 is 10.8 Å². The van der Waals surface area contributed by atoms with E-state index in [1.54, 1.807) is 24.3 Å². The molecule has 1 aliphatic rings. The van der Waals surface area contributed by atoms with Gasteiger partial charge in [0, 0.05) is 29.3 Å². The number of rotatable bonds is 6. The summed E-state index contributed by atoms with van der Waals surface area (Å²) in [5, 5.41) is 28.1. The van der Waals surface area contributed by atoms with Crippen molar-refractivity contribution in [2.24, 2.45) is 5.73 Å². The molecule has 0 aliphatic carbocycles. The molecule has 11 heteroatoms. The molecule has 1 unspecified atom stereocenters. The molecule has 0 saturated heterocycles. The van der Waals surface area contributed by atoms with Crippen LogP contribution in [0, 0.1) is 21.4 Å². The zero-order valence-electron chi connectivity index (χ0n) is 17.9. The maximum absolute atomic E-state index is 11.0. The number of aromatic amines is 1. The first-order valence-corrected chi connectivity index (χ1v) is 9.64. The van der Waals surface area contributed by atoms with Crippen LogP contribution in [-0.4, -0.2) is 36.5 Å². The molecule has 2 aromatic carbocycles. The van der Waals surface area contributed by atoms with E-state index in [1.807, 2.05) is 0 Å². The average Bonchev–Trinajstić information content (AvgIpc) is 3.25. The van der Waals surface area contributed by atoms with Crippen molar-refractivity contribution in [1.82, 2.24) is 10.2 Å². The van der Waals surface area contributed by atoms with Crippen molar-refractivity contribution >= 4 is 5.69 Å². The lowest BCUT2D eigenvalue weighted by atomic mass is 9.82. The van der Waals surface area contributed by atoms with Gasteiger partial charge in [-0.25, -0.2) is 0 Å². The van der Waals surface area contributed by atoms with Gasteiger partial charge in [0.2, 0.25) is 11.8 Å². The van der Waals surface area contributed by atoms with Crippen LogP contribution < -0.4 is 24.7 Å². The SMILES string of the molecule is COc1cc(OC)c(C2C(C#N)=C(N)Oc3n[nH]c(-c4ccc([N+](=O)[O-])cc4)c32)cc1OC. The first-order chi connectivity index (χ1) is 15.9. The second-order valence-electron chi connectivity index (χ2n) is 7.00. The quantitative estimate of drug-likeness (QED) is 0.425. The number of nitrogens with two attached hydrogens (primary N) is 1. The molecule has 0 radical (unpaired) electrons. The number of nitro groups is 1. The Morgan fingerprint density at radius 1 is 1.12 bits per heavy atom. The highest BCUT2D eigenvalue weighted by molar-refractivity contribution is 5.73. The molecule has 0 amide bonds. The maximum Gasteiger partial charge on any atom is 0.269 e. The predicted molar refractivity (Wildman–Crippen MR) is 116 cm³/mol. The fourth-order valence-corrected chi connectivity index (χ4v) is 3.80.